The summed E-state index contributed by atoms with van der Waals surface area (Å²) < 4.78 is 10.9. The van der Waals surface area contributed by atoms with Crippen molar-refractivity contribution < 1.29 is 19.7 Å². The molecule has 7 heteroatoms. The summed E-state index contributed by atoms with van der Waals surface area (Å²) in [6.07, 6.45) is 0. The highest BCUT2D eigenvalue weighted by Gasteiger charge is 2.17. The number of phenolic OH excluding ortho intramolecular Hbond substituents is 1. The number of para-hydroxylation sites is 2. The van der Waals surface area contributed by atoms with Gasteiger partial charge in [-0.25, -0.2) is 0 Å². The minimum absolute atomic E-state index is 0.0614. The summed E-state index contributed by atoms with van der Waals surface area (Å²) in [4.78, 5) is 15.3. The van der Waals surface area contributed by atoms with Crippen LogP contribution in [0.1, 0.15) is 0 Å². The highest BCUT2D eigenvalue weighted by molar-refractivity contribution is 6.34. The normalized spacial score (nSPS) is 10.9. The highest BCUT2D eigenvalue weighted by atomic mass is 35.5. The Hall–Kier alpha value is -4.42. The molecular formula is C28H20ClNO5. The first kappa shape index (κ1) is 22.4. The van der Waals surface area contributed by atoms with E-state index in [0.717, 1.165) is 11.1 Å². The first-order chi connectivity index (χ1) is 17.0. The molecule has 3 N–H and O–H groups in total. The van der Waals surface area contributed by atoms with Crippen LogP contribution in [0.4, 0.5) is 0 Å². The Labute approximate surface area is 205 Å². The zero-order chi connectivity index (χ0) is 24.5. The van der Waals surface area contributed by atoms with Crippen LogP contribution in [0, 0.1) is 0 Å². The molecule has 0 spiro atoms. The Morgan fingerprint density at radius 1 is 0.800 bits per heavy atom. The van der Waals surface area contributed by atoms with Gasteiger partial charge >= 0.3 is 0 Å². The van der Waals surface area contributed by atoms with Crippen LogP contribution < -0.4 is 15.0 Å². The zero-order valence-corrected chi connectivity index (χ0v) is 19.3. The van der Waals surface area contributed by atoms with Gasteiger partial charge in [-0.15, -0.1) is 0 Å². The Morgan fingerprint density at radius 3 is 2.17 bits per heavy atom. The molecule has 1 aromatic heterocycles. The molecule has 0 bridgehead atoms. The van der Waals surface area contributed by atoms with Crippen molar-refractivity contribution in [3.63, 3.8) is 0 Å². The number of pyridine rings is 1. The van der Waals surface area contributed by atoms with Crippen LogP contribution >= 0.6 is 11.6 Å². The highest BCUT2D eigenvalue weighted by Crippen LogP contribution is 2.40. The number of fused-ring (bicyclic) bond motifs is 1. The summed E-state index contributed by atoms with van der Waals surface area (Å²) in [6.45, 7) is 0. The Bertz CT molecular complexity index is 1590. The number of rotatable bonds is 5. The number of methoxy groups -OCH3 is 1. The topological polar surface area (TPSA) is 91.8 Å². The van der Waals surface area contributed by atoms with Crippen molar-refractivity contribution in [2.75, 3.05) is 7.11 Å². The number of hydrogen-bond donors (Lipinski definition) is 3. The first-order valence-corrected chi connectivity index (χ1v) is 11.1. The second kappa shape index (κ2) is 9.08. The molecule has 0 unspecified atom stereocenters. The number of aromatic amines is 1. The lowest BCUT2D eigenvalue weighted by molar-refractivity contribution is 0.374. The lowest BCUT2D eigenvalue weighted by Gasteiger charge is -2.13. The predicted molar refractivity (Wildman–Crippen MR) is 137 cm³/mol. The van der Waals surface area contributed by atoms with Crippen LogP contribution in [0.3, 0.4) is 0 Å². The first-order valence-electron chi connectivity index (χ1n) is 10.7. The van der Waals surface area contributed by atoms with E-state index in [9.17, 15) is 15.0 Å². The molecule has 0 aliphatic heterocycles. The smallest absolute Gasteiger partial charge is 0.295 e. The van der Waals surface area contributed by atoms with E-state index in [1.54, 1.807) is 54.6 Å². The molecule has 0 amide bonds. The molecule has 5 rings (SSSR count). The molecule has 0 saturated heterocycles. The van der Waals surface area contributed by atoms with Crippen LogP contribution in [0.2, 0.25) is 5.02 Å². The molecule has 0 fully saturated rings. The Balaban J connectivity index is 1.57. The average Bonchev–Trinajstić information content (AvgIpc) is 2.87. The van der Waals surface area contributed by atoms with E-state index in [1.165, 1.54) is 7.11 Å². The van der Waals surface area contributed by atoms with Crippen LogP contribution in [-0.4, -0.2) is 22.3 Å². The van der Waals surface area contributed by atoms with Gasteiger partial charge in [0.25, 0.3) is 5.56 Å². The number of ether oxygens (including phenoxy) is 2. The van der Waals surface area contributed by atoms with Crippen molar-refractivity contribution in [3.8, 4) is 51.0 Å². The van der Waals surface area contributed by atoms with Gasteiger partial charge in [-0.1, -0.05) is 66.2 Å². The molecule has 6 nitrogen and oxygen atoms in total. The van der Waals surface area contributed by atoms with Gasteiger partial charge in [0.2, 0.25) is 5.75 Å². The van der Waals surface area contributed by atoms with Gasteiger partial charge < -0.3 is 24.7 Å². The molecule has 4 aromatic carbocycles. The van der Waals surface area contributed by atoms with E-state index in [0.29, 0.717) is 38.6 Å². The number of nitrogens with one attached hydrogen (secondary N) is 1. The van der Waals surface area contributed by atoms with Crippen LogP contribution in [0.15, 0.2) is 89.7 Å². The number of H-pyrrole nitrogens is 1. The lowest BCUT2D eigenvalue weighted by atomic mass is 9.98. The van der Waals surface area contributed by atoms with E-state index >= 15 is 0 Å². The molecule has 0 aliphatic carbocycles. The SMILES string of the molecule is COc1cccc(-c2ccc(-c3cc4c(O)c(Oc5ccccc5)c(=O)[nH]c4cc3Cl)cc2)c1O. The quantitative estimate of drug-likeness (QED) is 0.257. The number of benzene rings is 4. The van der Waals surface area contributed by atoms with E-state index in [-0.39, 0.29) is 17.2 Å². The predicted octanol–water partition coefficient (Wildman–Crippen LogP) is 6.73. The lowest BCUT2D eigenvalue weighted by Crippen LogP contribution is -2.09. The Morgan fingerprint density at radius 2 is 1.49 bits per heavy atom. The molecular weight excluding hydrogens is 466 g/mol. The second-order valence-electron chi connectivity index (χ2n) is 7.86. The second-order valence-corrected chi connectivity index (χ2v) is 8.27. The molecule has 174 valence electrons. The number of hydrogen-bond acceptors (Lipinski definition) is 5. The number of aromatic hydroxyl groups is 2. The summed E-state index contributed by atoms with van der Waals surface area (Å²) >= 11 is 6.54. The Kier molecular flexibility index (Phi) is 5.81. The van der Waals surface area contributed by atoms with E-state index in [4.69, 9.17) is 21.1 Å². The van der Waals surface area contributed by atoms with Crippen molar-refractivity contribution in [1.82, 2.24) is 4.98 Å². The molecule has 0 aliphatic rings. The minimum atomic E-state index is -0.565. The fraction of sp³-hybridized carbons (Fsp3) is 0.0357. The van der Waals surface area contributed by atoms with Crippen LogP contribution in [0.25, 0.3) is 33.2 Å². The summed E-state index contributed by atoms with van der Waals surface area (Å²) in [7, 11) is 1.50. The number of phenols is 1. The molecule has 5 aromatic rings. The maximum atomic E-state index is 12.6. The third kappa shape index (κ3) is 4.16. The van der Waals surface area contributed by atoms with Gasteiger partial charge in [0.15, 0.2) is 17.2 Å². The molecule has 1 heterocycles. The molecule has 35 heavy (non-hydrogen) atoms. The van der Waals surface area contributed by atoms with Gasteiger partial charge in [-0.2, -0.15) is 0 Å². The van der Waals surface area contributed by atoms with Gasteiger partial charge in [-0.3, -0.25) is 4.79 Å². The zero-order valence-electron chi connectivity index (χ0n) is 18.6. The third-order valence-corrected chi connectivity index (χ3v) is 6.03. The molecule has 0 saturated carbocycles. The summed E-state index contributed by atoms with van der Waals surface area (Å²) in [5.74, 6) is 0.413. The number of halogens is 1. The van der Waals surface area contributed by atoms with Crippen LogP contribution in [-0.2, 0) is 0 Å². The standard InChI is InChI=1S/C28H20ClNO5/c1-34-24-9-5-8-19(25(24)31)16-10-12-17(13-11-16)20-14-21-23(15-22(20)29)30-28(33)27(26(21)32)35-18-6-3-2-4-7-18/h2-15,31H,1H3,(H2,30,32,33). The summed E-state index contributed by atoms with van der Waals surface area (Å²) in [5, 5.41) is 22.2. The molecule has 0 atom stereocenters. The average molecular weight is 486 g/mol. The van der Waals surface area contributed by atoms with Crippen molar-refractivity contribution >= 4 is 22.5 Å². The summed E-state index contributed by atoms with van der Waals surface area (Å²) in [6, 6.07) is 24.8. The van der Waals surface area contributed by atoms with E-state index in [2.05, 4.69) is 4.98 Å². The fourth-order valence-electron chi connectivity index (χ4n) is 3.95. The minimum Gasteiger partial charge on any atom is -0.504 e. The third-order valence-electron chi connectivity index (χ3n) is 5.72. The van der Waals surface area contributed by atoms with E-state index < -0.39 is 5.56 Å². The largest absolute Gasteiger partial charge is 0.504 e. The van der Waals surface area contributed by atoms with Crippen LogP contribution in [0.5, 0.6) is 28.7 Å². The van der Waals surface area contributed by atoms with Crippen molar-refractivity contribution in [1.29, 1.82) is 0 Å². The van der Waals surface area contributed by atoms with Gasteiger partial charge in [0.1, 0.15) is 5.75 Å². The van der Waals surface area contributed by atoms with Gasteiger partial charge in [-0.05, 0) is 41.5 Å². The van der Waals surface area contributed by atoms with Gasteiger partial charge in [0.05, 0.1) is 17.6 Å². The summed E-state index contributed by atoms with van der Waals surface area (Å²) in [5.41, 5.74) is 2.71. The van der Waals surface area contributed by atoms with Gasteiger partial charge in [0, 0.05) is 16.5 Å². The maximum absolute atomic E-state index is 12.6. The maximum Gasteiger partial charge on any atom is 0.295 e. The van der Waals surface area contributed by atoms with Crippen molar-refractivity contribution in [3.05, 3.63) is 100 Å². The van der Waals surface area contributed by atoms with Crippen molar-refractivity contribution in [2.45, 2.75) is 0 Å². The monoisotopic (exact) mass is 485 g/mol. The van der Waals surface area contributed by atoms with Crippen molar-refractivity contribution in [2.24, 2.45) is 0 Å². The number of aromatic nitrogens is 1. The van der Waals surface area contributed by atoms with E-state index in [1.807, 2.05) is 30.3 Å². The fourth-order valence-corrected chi connectivity index (χ4v) is 4.23. The molecule has 0 radical (unpaired) electrons.